The molecule has 0 aromatic carbocycles. The fourth-order valence-electron chi connectivity index (χ4n) is 3.81. The van der Waals surface area contributed by atoms with E-state index >= 15 is 0 Å². The van der Waals surface area contributed by atoms with E-state index in [2.05, 4.69) is 69.2 Å². The predicted octanol–water partition coefficient (Wildman–Crippen LogP) is 7.22. The second-order valence-corrected chi connectivity index (χ2v) is 13.0. The van der Waals surface area contributed by atoms with E-state index < -0.39 is 35.9 Å². The fourth-order valence-corrected chi connectivity index (χ4v) is 12.0. The van der Waals surface area contributed by atoms with E-state index in [1.54, 1.807) is 33.4 Å². The van der Waals surface area contributed by atoms with Gasteiger partial charge in [-0.25, -0.2) is 0 Å². The standard InChI is InChI=1S/2C10H15.2ClH.Th/c2*1-7-6-10(4,5)9(3)8(7)2;;;/h2*1-5H3;2*1H;. The first-order chi connectivity index (χ1) is 9.44. The van der Waals surface area contributed by atoms with Crippen molar-refractivity contribution in [3.8, 4) is 0 Å². The van der Waals surface area contributed by atoms with E-state index in [-0.39, 0.29) is 24.8 Å². The molecule has 130 valence electrons. The fraction of sp³-hybridized carbons (Fsp3) is 0.600. The SMILES string of the molecule is CC1=C(C)C(C)(C)[C]([Th][C]2=C(C)C(C)=C(C)C2(C)C)=C1C.Cl.Cl. The Kier molecular flexibility index (Phi) is 7.91. The van der Waals surface area contributed by atoms with E-state index in [0.29, 0.717) is 10.8 Å². The number of hydrogen-bond donors (Lipinski definition) is 0. The van der Waals surface area contributed by atoms with Crippen LogP contribution in [0.2, 0.25) is 0 Å². The summed E-state index contributed by atoms with van der Waals surface area (Å²) in [5.74, 6) is 0. The molecule has 3 heteroatoms. The number of hydrogen-bond acceptors (Lipinski definition) is 0. The Hall–Kier alpha value is 0.865. The second kappa shape index (κ2) is 7.62. The van der Waals surface area contributed by atoms with Gasteiger partial charge in [-0.2, -0.15) is 0 Å². The minimum absolute atomic E-state index is 0. The molecular weight excluding hydrogens is 543 g/mol. The Morgan fingerprint density at radius 2 is 0.783 bits per heavy atom. The zero-order chi connectivity index (χ0) is 16.3. The molecule has 2 rings (SSSR count). The van der Waals surface area contributed by atoms with Gasteiger partial charge in [0.25, 0.3) is 0 Å². The van der Waals surface area contributed by atoms with Crippen molar-refractivity contribution in [1.29, 1.82) is 0 Å². The van der Waals surface area contributed by atoms with Crippen molar-refractivity contribution < 1.29 is 35.9 Å². The van der Waals surface area contributed by atoms with Gasteiger partial charge in [0.2, 0.25) is 0 Å². The smallest absolute Gasteiger partial charge is 0.147 e. The monoisotopic (exact) mass is 574 g/mol. The molecule has 0 heterocycles. The summed E-state index contributed by atoms with van der Waals surface area (Å²) in [5, 5.41) is 0. The van der Waals surface area contributed by atoms with Gasteiger partial charge in [-0.3, -0.25) is 0 Å². The maximum Gasteiger partial charge on any atom is -0.147 e. The van der Waals surface area contributed by atoms with Crippen molar-refractivity contribution in [2.24, 2.45) is 10.8 Å². The van der Waals surface area contributed by atoms with Crippen LogP contribution < -0.4 is 0 Å². The van der Waals surface area contributed by atoms with Crippen molar-refractivity contribution in [2.75, 3.05) is 0 Å². The predicted molar refractivity (Wildman–Crippen MR) is 104 cm³/mol. The zero-order valence-electron chi connectivity index (χ0n) is 16.3. The van der Waals surface area contributed by atoms with Crippen LogP contribution in [0, 0.1) is 46.7 Å². The Balaban J connectivity index is 0.00000242. The molecule has 0 N–H and O–H groups in total. The van der Waals surface area contributed by atoms with E-state index in [1.807, 2.05) is 2.71 Å². The molecule has 2 aliphatic rings. The molecule has 0 amide bonds. The molecule has 0 aliphatic heterocycles. The van der Waals surface area contributed by atoms with E-state index in [1.165, 1.54) is 0 Å². The third-order valence-electron chi connectivity index (χ3n) is 6.38. The third kappa shape index (κ3) is 3.56. The van der Waals surface area contributed by atoms with Crippen LogP contribution in [-0.2, 0) is 0 Å². The molecule has 0 spiro atoms. The number of allylic oxidation sites excluding steroid dienone is 8. The van der Waals surface area contributed by atoms with E-state index in [0.717, 1.165) is 0 Å². The van der Waals surface area contributed by atoms with Crippen molar-refractivity contribution in [3.63, 3.8) is 0 Å². The number of rotatable bonds is 2. The summed E-state index contributed by atoms with van der Waals surface area (Å²) < 4.78 is 3.67. The molecule has 0 aromatic heterocycles. The topological polar surface area (TPSA) is 0 Å². The van der Waals surface area contributed by atoms with Crippen LogP contribution in [0.4, 0.5) is 0 Å². The summed E-state index contributed by atoms with van der Waals surface area (Å²) >= 11 is -1.16. The van der Waals surface area contributed by atoms with Crippen LogP contribution in [-0.4, -0.2) is 0 Å². The Labute approximate surface area is 175 Å². The van der Waals surface area contributed by atoms with Crippen LogP contribution in [0.1, 0.15) is 69.2 Å². The molecule has 0 unspecified atom stereocenters. The van der Waals surface area contributed by atoms with Gasteiger partial charge in [-0.05, 0) is 0 Å². The summed E-state index contributed by atoms with van der Waals surface area (Å²) in [6, 6.07) is 0. The van der Waals surface area contributed by atoms with Crippen LogP contribution >= 0.6 is 24.8 Å². The first-order valence-corrected chi connectivity index (χ1v) is 12.1. The maximum absolute atomic E-state index is 2.44. The van der Waals surface area contributed by atoms with Crippen LogP contribution in [0.25, 0.3) is 0 Å². The van der Waals surface area contributed by atoms with Crippen LogP contribution in [0.5, 0.6) is 0 Å². The molecular formula is C20H32Cl2Th. The number of halogens is 2. The summed E-state index contributed by atoms with van der Waals surface area (Å²) in [7, 11) is 0. The molecule has 0 saturated carbocycles. The van der Waals surface area contributed by atoms with Gasteiger partial charge in [0.1, 0.15) is 0 Å². The van der Waals surface area contributed by atoms with Crippen molar-refractivity contribution in [3.05, 3.63) is 36.1 Å². The molecule has 0 atom stereocenters. The molecule has 0 radical (unpaired) electrons. The van der Waals surface area contributed by atoms with Crippen LogP contribution in [0.3, 0.4) is 0 Å². The van der Waals surface area contributed by atoms with Gasteiger partial charge >= 0.3 is 152 Å². The largest absolute Gasteiger partial charge is 0.147 e. The minimum Gasteiger partial charge on any atom is -0.147 e. The molecule has 0 bridgehead atoms. The average Bonchev–Trinajstić information content (AvgIpc) is 2.63. The minimum atomic E-state index is -1.16. The summed E-state index contributed by atoms with van der Waals surface area (Å²) in [5.41, 5.74) is 10.2. The van der Waals surface area contributed by atoms with Crippen molar-refractivity contribution >= 4 is 24.8 Å². The first-order valence-electron chi connectivity index (χ1n) is 8.00. The summed E-state index contributed by atoms with van der Waals surface area (Å²) in [4.78, 5) is 0. The molecule has 0 aromatic rings. The molecule has 23 heavy (non-hydrogen) atoms. The van der Waals surface area contributed by atoms with Crippen molar-refractivity contribution in [1.82, 2.24) is 0 Å². The van der Waals surface area contributed by atoms with Gasteiger partial charge in [-0.15, -0.1) is 24.8 Å². The molecule has 0 nitrogen and oxygen atoms in total. The van der Waals surface area contributed by atoms with E-state index in [9.17, 15) is 0 Å². The zero-order valence-corrected chi connectivity index (χ0v) is 22.1. The average molecular weight is 575 g/mol. The van der Waals surface area contributed by atoms with Gasteiger partial charge in [-0.1, -0.05) is 0 Å². The quantitative estimate of drug-likeness (QED) is 0.327. The van der Waals surface area contributed by atoms with E-state index in [4.69, 9.17) is 0 Å². The molecule has 0 fully saturated rings. The van der Waals surface area contributed by atoms with Crippen molar-refractivity contribution in [2.45, 2.75) is 69.2 Å². The maximum atomic E-state index is 2.44. The van der Waals surface area contributed by atoms with Gasteiger partial charge in [0, 0.05) is 0 Å². The Morgan fingerprint density at radius 3 is 0.957 bits per heavy atom. The molecule has 0 saturated heterocycles. The summed E-state index contributed by atoms with van der Waals surface area (Å²) in [6.07, 6.45) is 0. The second-order valence-electron chi connectivity index (χ2n) is 7.88. The Bertz CT molecular complexity index is 585. The summed E-state index contributed by atoms with van der Waals surface area (Å²) in [6.45, 7) is 23.8. The van der Waals surface area contributed by atoms with Gasteiger partial charge in [0.15, 0.2) is 0 Å². The van der Waals surface area contributed by atoms with Gasteiger partial charge < -0.3 is 0 Å². The van der Waals surface area contributed by atoms with Gasteiger partial charge in [0.05, 0.1) is 0 Å². The molecule has 2 aliphatic carbocycles. The first kappa shape index (κ1) is 23.9. The third-order valence-corrected chi connectivity index (χ3v) is 16.6. The van der Waals surface area contributed by atoms with Crippen LogP contribution in [0.15, 0.2) is 36.1 Å². The normalized spacial score (nSPS) is 22.3. The Morgan fingerprint density at radius 1 is 0.522 bits per heavy atom.